The zero-order valence-electron chi connectivity index (χ0n) is 11.7. The molecule has 2 fully saturated rings. The van der Waals surface area contributed by atoms with Crippen molar-refractivity contribution < 1.29 is 4.74 Å². The topological polar surface area (TPSA) is 50.3 Å². The summed E-state index contributed by atoms with van der Waals surface area (Å²) in [7, 11) is 0. The average molecular weight is 262 g/mol. The lowest BCUT2D eigenvalue weighted by Gasteiger charge is -2.25. The summed E-state index contributed by atoms with van der Waals surface area (Å²) in [6.07, 6.45) is 5.54. The van der Waals surface area contributed by atoms with Gasteiger partial charge in [-0.25, -0.2) is 9.97 Å². The van der Waals surface area contributed by atoms with Gasteiger partial charge in [0.1, 0.15) is 12.1 Å². The highest BCUT2D eigenvalue weighted by Crippen LogP contribution is 2.24. The molecule has 2 bridgehead atoms. The molecule has 2 atom stereocenters. The lowest BCUT2D eigenvalue weighted by atomic mass is 10.1. The number of aromatic nitrogens is 2. The molecule has 2 aliphatic rings. The summed E-state index contributed by atoms with van der Waals surface area (Å²) in [6, 6.07) is 3.26. The molecular weight excluding hydrogens is 240 g/mol. The Kier molecular flexibility index (Phi) is 3.55. The number of nitrogens with zero attached hydrogens (tertiary/aromatic N) is 3. The highest BCUT2D eigenvalue weighted by Gasteiger charge is 2.29. The first-order chi connectivity index (χ1) is 9.20. The van der Waals surface area contributed by atoms with Gasteiger partial charge in [0.05, 0.1) is 6.10 Å². The lowest BCUT2D eigenvalue weighted by Crippen LogP contribution is -2.35. The third kappa shape index (κ3) is 2.97. The molecule has 5 heteroatoms. The van der Waals surface area contributed by atoms with Gasteiger partial charge in [0.15, 0.2) is 0 Å². The summed E-state index contributed by atoms with van der Waals surface area (Å²) >= 11 is 0. The molecule has 2 unspecified atom stereocenters. The molecule has 104 valence electrons. The number of fused-ring (bicyclic) bond motifs is 2. The summed E-state index contributed by atoms with van der Waals surface area (Å²) in [5, 5.41) is 3.68. The fraction of sp³-hybridized carbons (Fsp3) is 0.714. The van der Waals surface area contributed by atoms with E-state index in [2.05, 4.69) is 20.2 Å². The molecule has 3 heterocycles. The second-order valence-electron chi connectivity index (χ2n) is 5.75. The molecule has 0 spiro atoms. The van der Waals surface area contributed by atoms with Crippen LogP contribution in [-0.4, -0.2) is 41.2 Å². The van der Waals surface area contributed by atoms with Crippen LogP contribution in [0.1, 0.15) is 33.1 Å². The Morgan fingerprint density at radius 3 is 2.95 bits per heavy atom. The summed E-state index contributed by atoms with van der Waals surface area (Å²) in [4.78, 5) is 10.9. The first-order valence-electron chi connectivity index (χ1n) is 7.20. The van der Waals surface area contributed by atoms with Crippen molar-refractivity contribution in [3.8, 4) is 5.88 Å². The molecule has 1 aromatic heterocycles. The lowest BCUT2D eigenvalue weighted by molar-refractivity contribution is 0.232. The summed E-state index contributed by atoms with van der Waals surface area (Å²) in [5.41, 5.74) is 0. The standard InChI is InChI=1S/C14H22N4O/c1-10(2)19-14-7-13(15-9-16-14)18-6-5-11-3-4-12(8-18)17-11/h7,9-12,17H,3-6,8H2,1-2H3. The minimum absolute atomic E-state index is 0.143. The normalized spacial score (nSPS) is 26.6. The van der Waals surface area contributed by atoms with Gasteiger partial charge in [-0.1, -0.05) is 0 Å². The Hall–Kier alpha value is -1.36. The van der Waals surface area contributed by atoms with E-state index in [1.54, 1.807) is 6.33 Å². The molecule has 2 saturated heterocycles. The van der Waals surface area contributed by atoms with Crippen molar-refractivity contribution in [2.75, 3.05) is 18.0 Å². The molecule has 0 radical (unpaired) electrons. The molecular formula is C14H22N4O. The summed E-state index contributed by atoms with van der Waals surface area (Å²) < 4.78 is 5.65. The van der Waals surface area contributed by atoms with Crippen LogP contribution in [0, 0.1) is 0 Å². The van der Waals surface area contributed by atoms with Gasteiger partial charge in [0, 0.05) is 31.2 Å². The first-order valence-corrected chi connectivity index (χ1v) is 7.20. The Morgan fingerprint density at radius 1 is 1.26 bits per heavy atom. The van der Waals surface area contributed by atoms with Crippen LogP contribution in [0.4, 0.5) is 5.82 Å². The van der Waals surface area contributed by atoms with Gasteiger partial charge in [0.2, 0.25) is 5.88 Å². The van der Waals surface area contributed by atoms with Crippen LogP contribution >= 0.6 is 0 Å². The highest BCUT2D eigenvalue weighted by molar-refractivity contribution is 5.41. The minimum atomic E-state index is 0.143. The predicted octanol–water partition coefficient (Wildman–Crippen LogP) is 1.59. The van der Waals surface area contributed by atoms with Crippen LogP contribution in [0.2, 0.25) is 0 Å². The maximum absolute atomic E-state index is 5.65. The molecule has 0 aromatic carbocycles. The third-order valence-electron chi connectivity index (χ3n) is 3.83. The maximum Gasteiger partial charge on any atom is 0.218 e. The van der Waals surface area contributed by atoms with Crippen molar-refractivity contribution in [1.82, 2.24) is 15.3 Å². The largest absolute Gasteiger partial charge is 0.475 e. The van der Waals surface area contributed by atoms with Crippen LogP contribution in [0.5, 0.6) is 5.88 Å². The van der Waals surface area contributed by atoms with E-state index in [1.807, 2.05) is 19.9 Å². The zero-order valence-corrected chi connectivity index (χ0v) is 11.7. The Labute approximate surface area is 114 Å². The molecule has 0 amide bonds. The summed E-state index contributed by atoms with van der Waals surface area (Å²) in [5.74, 6) is 1.65. The van der Waals surface area contributed by atoms with Crippen LogP contribution in [0.25, 0.3) is 0 Å². The molecule has 5 nitrogen and oxygen atoms in total. The number of hydrogen-bond acceptors (Lipinski definition) is 5. The van der Waals surface area contributed by atoms with Crippen molar-refractivity contribution >= 4 is 5.82 Å². The van der Waals surface area contributed by atoms with Crippen LogP contribution in [0.15, 0.2) is 12.4 Å². The average Bonchev–Trinajstić information content (AvgIpc) is 2.68. The number of ether oxygens (including phenoxy) is 1. The molecule has 19 heavy (non-hydrogen) atoms. The van der Waals surface area contributed by atoms with Crippen molar-refractivity contribution in [3.05, 3.63) is 12.4 Å². The molecule has 2 aliphatic heterocycles. The Balaban J connectivity index is 1.74. The van der Waals surface area contributed by atoms with Crippen LogP contribution < -0.4 is 15.0 Å². The monoisotopic (exact) mass is 262 g/mol. The third-order valence-corrected chi connectivity index (χ3v) is 3.83. The van der Waals surface area contributed by atoms with E-state index in [4.69, 9.17) is 4.74 Å². The molecule has 3 rings (SSSR count). The first kappa shape index (κ1) is 12.7. The van der Waals surface area contributed by atoms with E-state index >= 15 is 0 Å². The van der Waals surface area contributed by atoms with Crippen LogP contribution in [0.3, 0.4) is 0 Å². The molecule has 1 N–H and O–H groups in total. The van der Waals surface area contributed by atoms with Gasteiger partial charge in [0.25, 0.3) is 0 Å². The van der Waals surface area contributed by atoms with Gasteiger partial charge in [-0.15, -0.1) is 0 Å². The van der Waals surface area contributed by atoms with E-state index in [9.17, 15) is 0 Å². The van der Waals surface area contributed by atoms with Gasteiger partial charge < -0.3 is 15.0 Å². The van der Waals surface area contributed by atoms with Crippen LogP contribution in [-0.2, 0) is 0 Å². The second kappa shape index (κ2) is 5.33. The number of nitrogens with one attached hydrogen (secondary N) is 1. The van der Waals surface area contributed by atoms with Gasteiger partial charge >= 0.3 is 0 Å². The SMILES string of the molecule is CC(C)Oc1cc(N2CCC3CCC(C2)N3)ncn1. The van der Waals surface area contributed by atoms with E-state index in [1.165, 1.54) is 19.3 Å². The Bertz CT molecular complexity index is 437. The Morgan fingerprint density at radius 2 is 2.11 bits per heavy atom. The zero-order chi connectivity index (χ0) is 13.2. The van der Waals surface area contributed by atoms with E-state index in [0.29, 0.717) is 18.0 Å². The number of rotatable bonds is 3. The number of anilines is 1. The quantitative estimate of drug-likeness (QED) is 0.896. The van der Waals surface area contributed by atoms with Gasteiger partial charge in [-0.3, -0.25) is 0 Å². The molecule has 0 aliphatic carbocycles. The smallest absolute Gasteiger partial charge is 0.218 e. The van der Waals surface area contributed by atoms with Gasteiger partial charge in [-0.05, 0) is 33.1 Å². The molecule has 1 aromatic rings. The minimum Gasteiger partial charge on any atom is -0.475 e. The maximum atomic E-state index is 5.65. The predicted molar refractivity (Wildman–Crippen MR) is 74.6 cm³/mol. The van der Waals surface area contributed by atoms with E-state index in [-0.39, 0.29) is 6.10 Å². The van der Waals surface area contributed by atoms with E-state index in [0.717, 1.165) is 18.9 Å². The van der Waals surface area contributed by atoms with Crippen molar-refractivity contribution in [3.63, 3.8) is 0 Å². The van der Waals surface area contributed by atoms with Crippen molar-refractivity contribution in [2.24, 2.45) is 0 Å². The van der Waals surface area contributed by atoms with Crippen molar-refractivity contribution in [1.29, 1.82) is 0 Å². The van der Waals surface area contributed by atoms with E-state index < -0.39 is 0 Å². The fourth-order valence-corrected chi connectivity index (χ4v) is 2.96. The van der Waals surface area contributed by atoms with Gasteiger partial charge in [-0.2, -0.15) is 0 Å². The highest BCUT2D eigenvalue weighted by atomic mass is 16.5. The second-order valence-corrected chi connectivity index (χ2v) is 5.75. The van der Waals surface area contributed by atoms with Crippen molar-refractivity contribution in [2.45, 2.75) is 51.3 Å². The number of hydrogen-bond donors (Lipinski definition) is 1. The summed E-state index contributed by atoms with van der Waals surface area (Å²) in [6.45, 7) is 6.12. The fourth-order valence-electron chi connectivity index (χ4n) is 2.96. The molecule has 0 saturated carbocycles.